The molecule has 2 aromatic carbocycles. The normalized spacial score (nSPS) is 10.0. The van der Waals surface area contributed by atoms with E-state index in [1.165, 1.54) is 7.11 Å². The van der Waals surface area contributed by atoms with Crippen molar-refractivity contribution >= 4 is 15.9 Å². The lowest BCUT2D eigenvalue weighted by Crippen LogP contribution is -2.00. The number of ether oxygens (including phenoxy) is 2. The lowest BCUT2D eigenvalue weighted by atomic mass is 10.1. The predicted octanol–water partition coefficient (Wildman–Crippen LogP) is 3.40. The molecule has 0 unspecified atom stereocenters. The first kappa shape index (κ1) is 15.4. The molecule has 0 heterocycles. The second-order valence-electron chi connectivity index (χ2n) is 4.35. The van der Waals surface area contributed by atoms with Gasteiger partial charge >= 0.3 is 0 Å². The Labute approximate surface area is 131 Å². The van der Waals surface area contributed by atoms with Gasteiger partial charge in [0.25, 0.3) is 0 Å². The smallest absolute Gasteiger partial charge is 0.136 e. The van der Waals surface area contributed by atoms with Gasteiger partial charge in [-0.2, -0.15) is 5.26 Å². The molecule has 0 aromatic heterocycles. The maximum absolute atomic E-state index is 9.33. The minimum atomic E-state index is -0.0964. The summed E-state index contributed by atoms with van der Waals surface area (Å²) in [7, 11) is 1.53. The summed E-state index contributed by atoms with van der Waals surface area (Å²) in [4.78, 5) is 0. The third kappa shape index (κ3) is 3.75. The summed E-state index contributed by atoms with van der Waals surface area (Å²) in [6.45, 7) is 0.216. The molecule has 0 saturated carbocycles. The van der Waals surface area contributed by atoms with Crippen LogP contribution in [0.15, 0.2) is 40.9 Å². The summed E-state index contributed by atoms with van der Waals surface area (Å²) in [5, 5.41) is 18.4. The van der Waals surface area contributed by atoms with Crippen molar-refractivity contribution in [2.45, 2.75) is 13.2 Å². The number of methoxy groups -OCH3 is 1. The number of benzene rings is 2. The Balaban J connectivity index is 2.15. The number of nitriles is 1. The fourth-order valence-corrected chi connectivity index (χ4v) is 2.31. The lowest BCUT2D eigenvalue weighted by Gasteiger charge is -2.11. The Bertz CT molecular complexity index is 680. The monoisotopic (exact) mass is 347 g/mol. The van der Waals surface area contributed by atoms with Gasteiger partial charge in [0.2, 0.25) is 0 Å². The molecule has 2 rings (SSSR count). The Hall–Kier alpha value is -2.03. The van der Waals surface area contributed by atoms with Crippen LogP contribution in [0.25, 0.3) is 0 Å². The first-order valence-electron chi connectivity index (χ1n) is 6.27. The molecule has 0 atom stereocenters. The highest BCUT2D eigenvalue weighted by molar-refractivity contribution is 9.10. The van der Waals surface area contributed by atoms with E-state index in [0.29, 0.717) is 29.2 Å². The van der Waals surface area contributed by atoms with Crippen LogP contribution in [0, 0.1) is 11.3 Å². The van der Waals surface area contributed by atoms with Crippen LogP contribution in [0.3, 0.4) is 0 Å². The Morgan fingerprint density at radius 1 is 1.19 bits per heavy atom. The zero-order valence-electron chi connectivity index (χ0n) is 11.5. The van der Waals surface area contributed by atoms with E-state index in [4.69, 9.17) is 14.7 Å². The zero-order chi connectivity index (χ0) is 15.2. The maximum Gasteiger partial charge on any atom is 0.136 e. The highest BCUT2D eigenvalue weighted by Gasteiger charge is 2.07. The molecular formula is C16H14BrNO3. The number of hydrogen-bond donors (Lipinski definition) is 1. The van der Waals surface area contributed by atoms with Gasteiger partial charge in [-0.1, -0.05) is 22.0 Å². The third-order valence-electron chi connectivity index (χ3n) is 2.97. The second kappa shape index (κ2) is 7.11. The maximum atomic E-state index is 9.33. The molecule has 0 aliphatic rings. The van der Waals surface area contributed by atoms with Gasteiger partial charge in [-0.15, -0.1) is 0 Å². The fraction of sp³-hybridized carbons (Fsp3) is 0.188. The van der Waals surface area contributed by atoms with Gasteiger partial charge in [-0.25, -0.2) is 0 Å². The van der Waals surface area contributed by atoms with Crippen LogP contribution in [0.4, 0.5) is 0 Å². The Morgan fingerprint density at radius 2 is 1.95 bits per heavy atom. The van der Waals surface area contributed by atoms with E-state index in [1.807, 2.05) is 18.2 Å². The summed E-state index contributed by atoms with van der Waals surface area (Å²) in [5.41, 5.74) is 2.04. The summed E-state index contributed by atoms with van der Waals surface area (Å²) < 4.78 is 11.7. The van der Waals surface area contributed by atoms with Crippen molar-refractivity contribution in [3.05, 3.63) is 57.6 Å². The number of rotatable bonds is 5. The summed E-state index contributed by atoms with van der Waals surface area (Å²) >= 11 is 3.35. The zero-order valence-corrected chi connectivity index (χ0v) is 13.1. The van der Waals surface area contributed by atoms with Crippen LogP contribution < -0.4 is 9.47 Å². The predicted molar refractivity (Wildman–Crippen MR) is 82.1 cm³/mol. The Kier molecular flexibility index (Phi) is 5.20. The van der Waals surface area contributed by atoms with E-state index in [-0.39, 0.29) is 6.61 Å². The minimum Gasteiger partial charge on any atom is -0.495 e. The van der Waals surface area contributed by atoms with Gasteiger partial charge < -0.3 is 14.6 Å². The van der Waals surface area contributed by atoms with Crippen LogP contribution >= 0.6 is 15.9 Å². The molecule has 4 nitrogen and oxygen atoms in total. The fourth-order valence-electron chi connectivity index (χ4n) is 1.91. The van der Waals surface area contributed by atoms with Crippen molar-refractivity contribution in [3.63, 3.8) is 0 Å². The average Bonchev–Trinajstić information content (AvgIpc) is 2.53. The standard InChI is InChI=1S/C16H14BrNO3/c1-20-15-4-2-11(6-12(15)8-18)10-21-16-5-3-14(17)7-13(16)9-19/h2-7,19H,9-10H2,1H3. The van der Waals surface area contributed by atoms with Crippen LogP contribution in [0.2, 0.25) is 0 Å². The van der Waals surface area contributed by atoms with E-state index in [0.717, 1.165) is 10.0 Å². The van der Waals surface area contributed by atoms with Crippen LogP contribution in [-0.2, 0) is 13.2 Å². The van der Waals surface area contributed by atoms with Crippen molar-refractivity contribution in [2.24, 2.45) is 0 Å². The molecule has 0 radical (unpaired) electrons. The highest BCUT2D eigenvalue weighted by atomic mass is 79.9. The molecule has 1 N–H and O–H groups in total. The molecule has 5 heteroatoms. The molecular weight excluding hydrogens is 334 g/mol. The molecule has 21 heavy (non-hydrogen) atoms. The van der Waals surface area contributed by atoms with Gasteiger partial charge in [0.15, 0.2) is 0 Å². The molecule has 0 fully saturated rings. The topological polar surface area (TPSA) is 62.5 Å². The van der Waals surface area contributed by atoms with Gasteiger partial charge in [-0.05, 0) is 35.9 Å². The van der Waals surface area contributed by atoms with E-state index >= 15 is 0 Å². The summed E-state index contributed by atoms with van der Waals surface area (Å²) in [6.07, 6.45) is 0. The van der Waals surface area contributed by atoms with E-state index in [2.05, 4.69) is 22.0 Å². The summed E-state index contributed by atoms with van der Waals surface area (Å²) in [6, 6.07) is 12.9. The average molecular weight is 348 g/mol. The van der Waals surface area contributed by atoms with Gasteiger partial charge in [0, 0.05) is 10.0 Å². The third-order valence-corrected chi connectivity index (χ3v) is 3.46. The first-order valence-corrected chi connectivity index (χ1v) is 7.06. The molecule has 0 amide bonds. The molecule has 0 spiro atoms. The first-order chi connectivity index (χ1) is 10.2. The second-order valence-corrected chi connectivity index (χ2v) is 5.26. The molecule has 0 saturated heterocycles. The molecule has 0 aliphatic heterocycles. The minimum absolute atomic E-state index is 0.0964. The number of hydrogen-bond acceptors (Lipinski definition) is 4. The number of aliphatic hydroxyl groups is 1. The quantitative estimate of drug-likeness (QED) is 0.900. The van der Waals surface area contributed by atoms with Crippen molar-refractivity contribution in [1.82, 2.24) is 0 Å². The van der Waals surface area contributed by atoms with E-state index in [9.17, 15) is 5.11 Å². The molecule has 0 bridgehead atoms. The lowest BCUT2D eigenvalue weighted by molar-refractivity contribution is 0.259. The van der Waals surface area contributed by atoms with Crippen molar-refractivity contribution in [2.75, 3.05) is 7.11 Å². The number of nitrogens with zero attached hydrogens (tertiary/aromatic N) is 1. The van der Waals surface area contributed by atoms with Crippen LogP contribution in [-0.4, -0.2) is 12.2 Å². The van der Waals surface area contributed by atoms with Gasteiger partial charge in [0.1, 0.15) is 24.2 Å². The SMILES string of the molecule is COc1ccc(COc2ccc(Br)cc2CO)cc1C#N. The van der Waals surface area contributed by atoms with Crippen molar-refractivity contribution in [3.8, 4) is 17.6 Å². The Morgan fingerprint density at radius 3 is 2.62 bits per heavy atom. The largest absolute Gasteiger partial charge is 0.495 e. The molecule has 108 valence electrons. The number of aliphatic hydroxyl groups excluding tert-OH is 1. The number of halogens is 1. The van der Waals surface area contributed by atoms with E-state index in [1.54, 1.807) is 18.2 Å². The summed E-state index contributed by atoms with van der Waals surface area (Å²) in [5.74, 6) is 1.16. The van der Waals surface area contributed by atoms with Crippen LogP contribution in [0.5, 0.6) is 11.5 Å². The highest BCUT2D eigenvalue weighted by Crippen LogP contribution is 2.25. The van der Waals surface area contributed by atoms with E-state index < -0.39 is 0 Å². The molecule has 0 aliphatic carbocycles. The van der Waals surface area contributed by atoms with Crippen LogP contribution in [0.1, 0.15) is 16.7 Å². The van der Waals surface area contributed by atoms with Gasteiger partial charge in [-0.3, -0.25) is 0 Å². The van der Waals surface area contributed by atoms with Crippen molar-refractivity contribution in [1.29, 1.82) is 5.26 Å². The van der Waals surface area contributed by atoms with Crippen molar-refractivity contribution < 1.29 is 14.6 Å². The van der Waals surface area contributed by atoms with Gasteiger partial charge in [0.05, 0.1) is 19.3 Å². The molecule has 2 aromatic rings.